The monoisotopic (exact) mass is 230 g/mol. The van der Waals surface area contributed by atoms with Crippen LogP contribution in [0.25, 0.3) is 0 Å². The van der Waals surface area contributed by atoms with Gasteiger partial charge in [0.1, 0.15) is 5.76 Å². The molecule has 0 saturated carbocycles. The Morgan fingerprint density at radius 2 is 2.07 bits per heavy atom. The van der Waals surface area contributed by atoms with Crippen LogP contribution in [0, 0.1) is 0 Å². The van der Waals surface area contributed by atoms with Crippen LogP contribution in [0.15, 0.2) is 10.5 Å². The zero-order valence-electron chi connectivity index (χ0n) is 9.42. The third kappa shape index (κ3) is 3.52. The zero-order chi connectivity index (χ0) is 11.3. The van der Waals surface area contributed by atoms with Crippen LogP contribution >= 0.6 is 11.6 Å². The van der Waals surface area contributed by atoms with E-state index in [0.717, 1.165) is 37.4 Å². The second-order valence-electron chi connectivity index (χ2n) is 3.51. The fourth-order valence-electron chi connectivity index (χ4n) is 1.52. The molecule has 0 atom stereocenters. The topological polar surface area (TPSA) is 42.4 Å². The van der Waals surface area contributed by atoms with E-state index < -0.39 is 0 Å². The van der Waals surface area contributed by atoms with Gasteiger partial charge in [0.2, 0.25) is 0 Å². The summed E-state index contributed by atoms with van der Waals surface area (Å²) in [6.07, 6.45) is 0.748. The van der Waals surface area contributed by atoms with Crippen molar-refractivity contribution in [1.29, 1.82) is 0 Å². The van der Waals surface area contributed by atoms with Gasteiger partial charge >= 0.3 is 0 Å². The molecule has 0 amide bonds. The maximum atomic E-state index is 6.00. The fraction of sp³-hybridized carbons (Fsp3) is 0.636. The van der Waals surface area contributed by atoms with Crippen LogP contribution < -0.4 is 5.73 Å². The van der Waals surface area contributed by atoms with E-state index >= 15 is 0 Å². The van der Waals surface area contributed by atoms with Crippen molar-refractivity contribution >= 4 is 11.6 Å². The van der Waals surface area contributed by atoms with E-state index in [1.165, 1.54) is 0 Å². The van der Waals surface area contributed by atoms with E-state index in [9.17, 15) is 0 Å². The van der Waals surface area contributed by atoms with E-state index in [1.54, 1.807) is 0 Å². The number of rotatable bonds is 6. The molecule has 0 spiro atoms. The van der Waals surface area contributed by atoms with Crippen LogP contribution in [0.1, 0.15) is 25.2 Å². The average molecular weight is 231 g/mol. The SMILES string of the molecule is CCN(CC)Cc1cc(CCN)oc1Cl. The van der Waals surface area contributed by atoms with Crippen LogP contribution in [-0.2, 0) is 13.0 Å². The highest BCUT2D eigenvalue weighted by molar-refractivity contribution is 6.29. The molecule has 0 aliphatic heterocycles. The summed E-state index contributed by atoms with van der Waals surface area (Å²) in [6, 6.07) is 2.01. The average Bonchev–Trinajstić information content (AvgIpc) is 2.56. The zero-order valence-corrected chi connectivity index (χ0v) is 10.2. The number of hydrogen-bond donors (Lipinski definition) is 1. The van der Waals surface area contributed by atoms with Crippen LogP contribution in [0.5, 0.6) is 0 Å². The maximum absolute atomic E-state index is 6.00. The fourth-order valence-corrected chi connectivity index (χ4v) is 1.74. The van der Waals surface area contributed by atoms with Crippen molar-refractivity contribution in [3.05, 3.63) is 22.6 Å². The van der Waals surface area contributed by atoms with Gasteiger partial charge in [0.25, 0.3) is 0 Å². The van der Waals surface area contributed by atoms with Gasteiger partial charge in [-0.05, 0) is 37.3 Å². The smallest absolute Gasteiger partial charge is 0.197 e. The molecule has 86 valence electrons. The number of hydrogen-bond acceptors (Lipinski definition) is 3. The molecule has 4 heteroatoms. The van der Waals surface area contributed by atoms with Crippen LogP contribution in [-0.4, -0.2) is 24.5 Å². The van der Waals surface area contributed by atoms with Crippen molar-refractivity contribution < 1.29 is 4.42 Å². The van der Waals surface area contributed by atoms with Crippen molar-refractivity contribution in [3.63, 3.8) is 0 Å². The lowest BCUT2D eigenvalue weighted by Crippen LogP contribution is -2.21. The molecule has 0 saturated heterocycles. The van der Waals surface area contributed by atoms with Gasteiger partial charge in [-0.15, -0.1) is 0 Å². The molecule has 1 rings (SSSR count). The minimum absolute atomic E-state index is 0.505. The highest BCUT2D eigenvalue weighted by Crippen LogP contribution is 2.22. The summed E-state index contributed by atoms with van der Waals surface area (Å²) in [4.78, 5) is 2.29. The lowest BCUT2D eigenvalue weighted by molar-refractivity contribution is 0.295. The predicted molar refractivity (Wildman–Crippen MR) is 63.1 cm³/mol. The molecule has 1 aromatic heterocycles. The molecule has 2 N–H and O–H groups in total. The van der Waals surface area contributed by atoms with E-state index in [4.69, 9.17) is 21.8 Å². The molecule has 0 radical (unpaired) electrons. The Bertz CT molecular complexity index is 295. The van der Waals surface area contributed by atoms with Crippen molar-refractivity contribution in [2.24, 2.45) is 5.73 Å². The Morgan fingerprint density at radius 3 is 2.60 bits per heavy atom. The number of nitrogens with two attached hydrogens (primary N) is 1. The Balaban J connectivity index is 2.67. The molecule has 0 aromatic carbocycles. The van der Waals surface area contributed by atoms with Crippen LogP contribution in [0.2, 0.25) is 5.22 Å². The summed E-state index contributed by atoms with van der Waals surface area (Å²) < 4.78 is 5.40. The summed E-state index contributed by atoms with van der Waals surface area (Å²) in [5, 5.41) is 0.505. The highest BCUT2D eigenvalue weighted by Gasteiger charge is 2.11. The van der Waals surface area contributed by atoms with E-state index in [0.29, 0.717) is 11.8 Å². The van der Waals surface area contributed by atoms with Gasteiger partial charge in [-0.1, -0.05) is 13.8 Å². The van der Waals surface area contributed by atoms with Gasteiger partial charge < -0.3 is 10.2 Å². The minimum Gasteiger partial charge on any atom is -0.449 e. The Hall–Kier alpha value is -0.510. The van der Waals surface area contributed by atoms with Gasteiger partial charge in [0, 0.05) is 18.5 Å². The van der Waals surface area contributed by atoms with Gasteiger partial charge in [0.15, 0.2) is 5.22 Å². The first-order chi connectivity index (χ1) is 7.21. The molecule has 0 bridgehead atoms. The molecule has 0 aliphatic rings. The normalized spacial score (nSPS) is 11.3. The third-order valence-corrected chi connectivity index (χ3v) is 2.81. The molecular formula is C11H19ClN2O. The quantitative estimate of drug-likeness (QED) is 0.816. The molecule has 0 unspecified atom stereocenters. The van der Waals surface area contributed by atoms with Crippen molar-refractivity contribution in [2.75, 3.05) is 19.6 Å². The van der Waals surface area contributed by atoms with Crippen molar-refractivity contribution in [1.82, 2.24) is 4.90 Å². The number of nitrogens with zero attached hydrogens (tertiary/aromatic N) is 1. The first-order valence-electron chi connectivity index (χ1n) is 5.40. The molecule has 1 aromatic rings. The van der Waals surface area contributed by atoms with E-state index in [1.807, 2.05) is 6.07 Å². The summed E-state index contributed by atoms with van der Waals surface area (Å²) in [6.45, 7) is 7.75. The largest absolute Gasteiger partial charge is 0.449 e. The summed E-state index contributed by atoms with van der Waals surface area (Å²) in [5.74, 6) is 0.879. The Labute approximate surface area is 96.2 Å². The summed E-state index contributed by atoms with van der Waals surface area (Å²) in [5.41, 5.74) is 6.52. The molecule has 0 aliphatic carbocycles. The third-order valence-electron chi connectivity index (χ3n) is 2.49. The van der Waals surface area contributed by atoms with Gasteiger partial charge in [-0.2, -0.15) is 0 Å². The second-order valence-corrected chi connectivity index (χ2v) is 3.86. The first kappa shape index (κ1) is 12.6. The molecule has 15 heavy (non-hydrogen) atoms. The summed E-state index contributed by atoms with van der Waals surface area (Å²) >= 11 is 6.00. The molecule has 3 nitrogen and oxygen atoms in total. The molecule has 1 heterocycles. The van der Waals surface area contributed by atoms with Crippen molar-refractivity contribution in [2.45, 2.75) is 26.8 Å². The lowest BCUT2D eigenvalue weighted by Gasteiger charge is -2.16. The standard InChI is InChI=1S/C11H19ClN2O/c1-3-14(4-2)8-9-7-10(5-6-13)15-11(9)12/h7H,3-6,8,13H2,1-2H3. The van der Waals surface area contributed by atoms with Crippen LogP contribution in [0.4, 0.5) is 0 Å². The highest BCUT2D eigenvalue weighted by atomic mass is 35.5. The van der Waals surface area contributed by atoms with Gasteiger partial charge in [-0.3, -0.25) is 4.90 Å². The molecule has 0 fully saturated rings. The van der Waals surface area contributed by atoms with E-state index in [-0.39, 0.29) is 0 Å². The lowest BCUT2D eigenvalue weighted by atomic mass is 10.2. The van der Waals surface area contributed by atoms with Gasteiger partial charge in [-0.25, -0.2) is 0 Å². The predicted octanol–water partition coefficient (Wildman–Crippen LogP) is 2.28. The second kappa shape index (κ2) is 6.16. The maximum Gasteiger partial charge on any atom is 0.197 e. The molecular weight excluding hydrogens is 212 g/mol. The Kier molecular flexibility index (Phi) is 5.15. The van der Waals surface area contributed by atoms with Gasteiger partial charge in [0.05, 0.1) is 0 Å². The minimum atomic E-state index is 0.505. The van der Waals surface area contributed by atoms with Crippen molar-refractivity contribution in [3.8, 4) is 0 Å². The Morgan fingerprint density at radius 1 is 1.40 bits per heavy atom. The van der Waals surface area contributed by atoms with E-state index in [2.05, 4.69) is 18.7 Å². The summed E-state index contributed by atoms with van der Waals surface area (Å²) in [7, 11) is 0. The van der Waals surface area contributed by atoms with Crippen LogP contribution in [0.3, 0.4) is 0 Å². The first-order valence-corrected chi connectivity index (χ1v) is 5.78. The number of halogens is 1. The number of furan rings is 1.